The van der Waals surface area contributed by atoms with Crippen LogP contribution in [-0.2, 0) is 0 Å². The van der Waals surface area contributed by atoms with Gasteiger partial charge in [-0.3, -0.25) is 0 Å². The highest BCUT2D eigenvalue weighted by atomic mass is 15.2. The van der Waals surface area contributed by atoms with Crippen molar-refractivity contribution in [3.05, 3.63) is 43.0 Å². The molecule has 5 rings (SSSR count). The van der Waals surface area contributed by atoms with Crippen LogP contribution >= 0.6 is 0 Å². The first-order chi connectivity index (χ1) is 14.6. The Labute approximate surface area is 175 Å². The SMILES string of the molecule is CC(C)n1cnc2ccc3cnc(Nc4ccc(N5CCN[C@@H](C)C5)cn4)nc3c21. The van der Waals surface area contributed by atoms with Crippen molar-refractivity contribution in [3.8, 4) is 0 Å². The zero-order chi connectivity index (χ0) is 20.7. The zero-order valence-electron chi connectivity index (χ0n) is 17.5. The minimum Gasteiger partial charge on any atom is -0.367 e. The van der Waals surface area contributed by atoms with Crippen LogP contribution in [0.15, 0.2) is 43.0 Å². The van der Waals surface area contributed by atoms with E-state index in [4.69, 9.17) is 4.98 Å². The molecule has 0 bridgehead atoms. The summed E-state index contributed by atoms with van der Waals surface area (Å²) in [5, 5.41) is 7.70. The molecule has 0 unspecified atom stereocenters. The van der Waals surface area contributed by atoms with E-state index in [0.29, 0.717) is 18.0 Å². The van der Waals surface area contributed by atoms with Crippen molar-refractivity contribution in [1.29, 1.82) is 0 Å². The molecule has 1 aromatic carbocycles. The molecule has 1 saturated heterocycles. The molecule has 0 spiro atoms. The molecule has 8 heteroatoms. The van der Waals surface area contributed by atoms with E-state index in [0.717, 1.165) is 53.1 Å². The van der Waals surface area contributed by atoms with Gasteiger partial charge in [0.1, 0.15) is 11.3 Å². The Kier molecular flexibility index (Phi) is 4.71. The van der Waals surface area contributed by atoms with Crippen LogP contribution in [0.5, 0.6) is 0 Å². The summed E-state index contributed by atoms with van der Waals surface area (Å²) in [5.41, 5.74) is 4.00. The maximum absolute atomic E-state index is 4.79. The first kappa shape index (κ1) is 18.7. The fraction of sp³-hybridized carbons (Fsp3) is 0.364. The molecule has 30 heavy (non-hydrogen) atoms. The van der Waals surface area contributed by atoms with E-state index in [-0.39, 0.29) is 0 Å². The molecule has 4 heterocycles. The molecule has 154 valence electrons. The van der Waals surface area contributed by atoms with Crippen LogP contribution in [-0.4, -0.2) is 50.2 Å². The van der Waals surface area contributed by atoms with Crippen LogP contribution < -0.4 is 15.5 Å². The Morgan fingerprint density at radius 1 is 1.10 bits per heavy atom. The van der Waals surface area contributed by atoms with Crippen LogP contribution in [0, 0.1) is 0 Å². The standard InChI is InChI=1S/C22H26N8/c1-14(2)30-13-26-18-6-4-16-10-25-22(28-20(16)21(18)30)27-19-7-5-17(11-24-19)29-9-8-23-15(3)12-29/h4-7,10-11,13-15,23H,8-9,12H2,1-3H3,(H,24,25,27,28)/t15-/m0/s1. The summed E-state index contributed by atoms with van der Waals surface area (Å²) in [6, 6.07) is 8.90. The van der Waals surface area contributed by atoms with Gasteiger partial charge in [-0.1, -0.05) is 0 Å². The predicted molar refractivity (Wildman–Crippen MR) is 120 cm³/mol. The van der Waals surface area contributed by atoms with Crippen LogP contribution in [0.3, 0.4) is 0 Å². The molecular weight excluding hydrogens is 376 g/mol. The number of pyridine rings is 1. The van der Waals surface area contributed by atoms with E-state index in [1.807, 2.05) is 36.9 Å². The largest absolute Gasteiger partial charge is 0.367 e. The number of fused-ring (bicyclic) bond motifs is 3. The third-order valence-electron chi connectivity index (χ3n) is 5.56. The van der Waals surface area contributed by atoms with Gasteiger partial charge in [0.25, 0.3) is 0 Å². The van der Waals surface area contributed by atoms with Gasteiger partial charge in [0.2, 0.25) is 5.95 Å². The van der Waals surface area contributed by atoms with Crippen LogP contribution in [0.1, 0.15) is 26.8 Å². The molecule has 0 radical (unpaired) electrons. The van der Waals surface area contributed by atoms with E-state index < -0.39 is 0 Å². The fourth-order valence-corrected chi connectivity index (χ4v) is 3.99. The number of hydrogen-bond acceptors (Lipinski definition) is 7. The van der Waals surface area contributed by atoms with E-state index in [1.165, 1.54) is 0 Å². The van der Waals surface area contributed by atoms with Crippen molar-refractivity contribution in [2.24, 2.45) is 0 Å². The summed E-state index contributed by atoms with van der Waals surface area (Å²) >= 11 is 0. The maximum atomic E-state index is 4.79. The van der Waals surface area contributed by atoms with Crippen molar-refractivity contribution in [1.82, 2.24) is 29.8 Å². The number of nitrogens with one attached hydrogen (secondary N) is 2. The Hall–Kier alpha value is -3.26. The zero-order valence-corrected chi connectivity index (χ0v) is 17.5. The van der Waals surface area contributed by atoms with E-state index in [2.05, 4.69) is 61.9 Å². The van der Waals surface area contributed by atoms with Crippen molar-refractivity contribution in [2.45, 2.75) is 32.9 Å². The lowest BCUT2D eigenvalue weighted by Gasteiger charge is -2.33. The highest BCUT2D eigenvalue weighted by Gasteiger charge is 2.16. The highest BCUT2D eigenvalue weighted by molar-refractivity contribution is 6.02. The van der Waals surface area contributed by atoms with Gasteiger partial charge in [-0.15, -0.1) is 0 Å². The third-order valence-corrected chi connectivity index (χ3v) is 5.56. The number of rotatable bonds is 4. The second kappa shape index (κ2) is 7.53. The molecule has 8 nitrogen and oxygen atoms in total. The molecule has 0 saturated carbocycles. The molecule has 0 amide bonds. The molecular formula is C22H26N8. The first-order valence-corrected chi connectivity index (χ1v) is 10.4. The molecule has 0 aliphatic carbocycles. The van der Waals surface area contributed by atoms with Gasteiger partial charge in [0, 0.05) is 43.3 Å². The lowest BCUT2D eigenvalue weighted by molar-refractivity contribution is 0.484. The minimum atomic E-state index is 0.300. The van der Waals surface area contributed by atoms with Gasteiger partial charge in [-0.25, -0.2) is 19.9 Å². The van der Waals surface area contributed by atoms with Crippen molar-refractivity contribution >= 4 is 39.4 Å². The van der Waals surface area contributed by atoms with Crippen LogP contribution in [0.25, 0.3) is 21.9 Å². The first-order valence-electron chi connectivity index (χ1n) is 10.4. The second-order valence-electron chi connectivity index (χ2n) is 8.14. The third kappa shape index (κ3) is 3.43. The number of benzene rings is 1. The van der Waals surface area contributed by atoms with E-state index in [1.54, 1.807) is 0 Å². The summed E-state index contributed by atoms with van der Waals surface area (Å²) in [6.45, 7) is 9.46. The van der Waals surface area contributed by atoms with E-state index in [9.17, 15) is 0 Å². The summed E-state index contributed by atoms with van der Waals surface area (Å²) in [4.78, 5) is 20.7. The smallest absolute Gasteiger partial charge is 0.228 e. The number of anilines is 3. The number of nitrogens with zero attached hydrogens (tertiary/aromatic N) is 6. The second-order valence-corrected chi connectivity index (χ2v) is 8.14. The summed E-state index contributed by atoms with van der Waals surface area (Å²) in [6.07, 6.45) is 5.63. The lowest BCUT2D eigenvalue weighted by Crippen LogP contribution is -2.49. The average Bonchev–Trinajstić information content (AvgIpc) is 3.19. The summed E-state index contributed by atoms with van der Waals surface area (Å²) in [5.74, 6) is 1.26. The Bertz CT molecular complexity index is 1180. The average molecular weight is 403 g/mol. The fourth-order valence-electron chi connectivity index (χ4n) is 3.99. The highest BCUT2D eigenvalue weighted by Crippen LogP contribution is 2.26. The lowest BCUT2D eigenvalue weighted by atomic mass is 10.2. The van der Waals surface area contributed by atoms with Gasteiger partial charge < -0.3 is 20.1 Å². The molecule has 1 atom stereocenters. The Balaban J connectivity index is 1.44. The number of aromatic nitrogens is 5. The molecule has 2 N–H and O–H groups in total. The Morgan fingerprint density at radius 3 is 2.77 bits per heavy atom. The molecule has 1 aliphatic rings. The topological polar surface area (TPSA) is 83.8 Å². The number of hydrogen-bond donors (Lipinski definition) is 2. The molecule has 4 aromatic rings. The maximum Gasteiger partial charge on any atom is 0.228 e. The van der Waals surface area contributed by atoms with Crippen molar-refractivity contribution < 1.29 is 0 Å². The molecule has 3 aromatic heterocycles. The minimum absolute atomic E-state index is 0.300. The quantitative estimate of drug-likeness (QED) is 0.540. The Morgan fingerprint density at radius 2 is 2.00 bits per heavy atom. The number of imidazole rings is 1. The van der Waals surface area contributed by atoms with Gasteiger partial charge in [0.05, 0.1) is 29.2 Å². The monoisotopic (exact) mass is 402 g/mol. The van der Waals surface area contributed by atoms with Crippen molar-refractivity contribution in [3.63, 3.8) is 0 Å². The van der Waals surface area contributed by atoms with Crippen LogP contribution in [0.2, 0.25) is 0 Å². The van der Waals surface area contributed by atoms with Gasteiger partial charge in [0.15, 0.2) is 0 Å². The molecule has 1 fully saturated rings. The van der Waals surface area contributed by atoms with E-state index >= 15 is 0 Å². The molecule has 1 aliphatic heterocycles. The number of piperazine rings is 1. The normalized spacial score (nSPS) is 17.2. The van der Waals surface area contributed by atoms with Gasteiger partial charge in [-0.05, 0) is 45.0 Å². The van der Waals surface area contributed by atoms with Gasteiger partial charge in [-0.2, -0.15) is 0 Å². The predicted octanol–water partition coefficient (Wildman–Crippen LogP) is 3.50. The summed E-state index contributed by atoms with van der Waals surface area (Å²) < 4.78 is 2.15. The summed E-state index contributed by atoms with van der Waals surface area (Å²) in [7, 11) is 0. The van der Waals surface area contributed by atoms with Crippen LogP contribution in [0.4, 0.5) is 17.5 Å². The van der Waals surface area contributed by atoms with Crippen molar-refractivity contribution in [2.75, 3.05) is 29.9 Å². The van der Waals surface area contributed by atoms with Gasteiger partial charge >= 0.3 is 0 Å².